The van der Waals surface area contributed by atoms with E-state index in [0.717, 1.165) is 16.6 Å². The van der Waals surface area contributed by atoms with Crippen LogP contribution in [0.25, 0.3) is 11.0 Å². The minimum absolute atomic E-state index is 0.321. The molecule has 0 saturated carbocycles. The summed E-state index contributed by atoms with van der Waals surface area (Å²) in [7, 11) is 0. The third-order valence-corrected chi connectivity index (χ3v) is 3.39. The van der Waals surface area contributed by atoms with Crippen LogP contribution in [0.5, 0.6) is 0 Å². The van der Waals surface area contributed by atoms with Gasteiger partial charge in [-0.3, -0.25) is 10.8 Å². The average molecular weight is 282 g/mol. The fraction of sp³-hybridized carbons (Fsp3) is 0.125. The van der Waals surface area contributed by atoms with E-state index in [9.17, 15) is 4.39 Å². The third kappa shape index (κ3) is 2.61. The van der Waals surface area contributed by atoms with Crippen LogP contribution in [0, 0.1) is 12.7 Å². The number of halogens is 1. The largest absolute Gasteiger partial charge is 0.271 e. The highest BCUT2D eigenvalue weighted by Crippen LogP contribution is 2.24. The molecule has 1 atom stereocenters. The van der Waals surface area contributed by atoms with Gasteiger partial charge in [-0.05, 0) is 25.1 Å². The maximum atomic E-state index is 14.1. The minimum Gasteiger partial charge on any atom is -0.271 e. The first kappa shape index (κ1) is 13.6. The highest BCUT2D eigenvalue weighted by Gasteiger charge is 2.19. The predicted octanol–water partition coefficient (Wildman–Crippen LogP) is 2.63. The van der Waals surface area contributed by atoms with Crippen LogP contribution in [0.1, 0.15) is 22.9 Å². The summed E-state index contributed by atoms with van der Waals surface area (Å²) in [4.78, 5) is 8.87. The lowest BCUT2D eigenvalue weighted by Crippen LogP contribution is -2.30. The number of rotatable bonds is 3. The van der Waals surface area contributed by atoms with E-state index in [1.165, 1.54) is 6.07 Å². The van der Waals surface area contributed by atoms with E-state index < -0.39 is 6.04 Å². The molecule has 0 radical (unpaired) electrons. The number of hydrogen-bond donors (Lipinski definition) is 2. The van der Waals surface area contributed by atoms with Gasteiger partial charge in [0.25, 0.3) is 0 Å². The number of nitrogens with one attached hydrogen (secondary N) is 1. The van der Waals surface area contributed by atoms with Crippen LogP contribution < -0.4 is 11.3 Å². The summed E-state index contributed by atoms with van der Waals surface area (Å²) in [5.41, 5.74) is 6.17. The number of hydrazine groups is 1. The number of hydrogen-bond acceptors (Lipinski definition) is 4. The van der Waals surface area contributed by atoms with Crippen LogP contribution in [-0.2, 0) is 0 Å². The molecule has 21 heavy (non-hydrogen) atoms. The Hall–Kier alpha value is -2.37. The molecule has 0 aliphatic rings. The van der Waals surface area contributed by atoms with Crippen LogP contribution >= 0.6 is 0 Å². The maximum absolute atomic E-state index is 14.1. The molecule has 1 heterocycles. The summed E-state index contributed by atoms with van der Waals surface area (Å²) in [5.74, 6) is 5.29. The molecule has 0 fully saturated rings. The molecule has 0 aliphatic heterocycles. The van der Waals surface area contributed by atoms with Gasteiger partial charge in [0, 0.05) is 5.56 Å². The maximum Gasteiger partial charge on any atom is 0.128 e. The second-order valence-corrected chi connectivity index (χ2v) is 4.91. The number of fused-ring (bicyclic) bond motifs is 1. The topological polar surface area (TPSA) is 63.8 Å². The fourth-order valence-corrected chi connectivity index (χ4v) is 2.33. The molecule has 0 spiro atoms. The Morgan fingerprint density at radius 1 is 1.14 bits per heavy atom. The molecule has 1 unspecified atom stereocenters. The lowest BCUT2D eigenvalue weighted by Gasteiger charge is -2.17. The third-order valence-electron chi connectivity index (χ3n) is 3.39. The highest BCUT2D eigenvalue weighted by molar-refractivity contribution is 5.73. The molecule has 2 aromatic carbocycles. The van der Waals surface area contributed by atoms with Crippen molar-refractivity contribution in [3.05, 3.63) is 71.3 Å². The number of nitrogens with zero attached hydrogens (tertiary/aromatic N) is 2. The second kappa shape index (κ2) is 5.55. The van der Waals surface area contributed by atoms with E-state index in [1.54, 1.807) is 18.3 Å². The Labute approximate surface area is 121 Å². The standard InChI is InChI=1S/C16H15FN4/c1-10-6-7-12(17)11(8-10)16(21-18)15-9-19-13-4-2-3-5-14(13)20-15/h2-9,16,21H,18H2,1H3. The first-order valence-electron chi connectivity index (χ1n) is 6.63. The zero-order chi connectivity index (χ0) is 14.8. The van der Waals surface area contributed by atoms with Crippen molar-refractivity contribution >= 4 is 11.0 Å². The Balaban J connectivity index is 2.11. The van der Waals surface area contributed by atoms with Crippen molar-refractivity contribution in [3.63, 3.8) is 0 Å². The Morgan fingerprint density at radius 3 is 2.67 bits per heavy atom. The smallest absolute Gasteiger partial charge is 0.128 e. The Kier molecular flexibility index (Phi) is 3.60. The molecular formula is C16H15FN4. The molecule has 3 rings (SSSR count). The molecule has 0 aliphatic carbocycles. The molecule has 1 aromatic heterocycles. The van der Waals surface area contributed by atoms with Gasteiger partial charge in [0.15, 0.2) is 0 Å². The predicted molar refractivity (Wildman–Crippen MR) is 79.8 cm³/mol. The molecule has 5 heteroatoms. The molecule has 3 N–H and O–H groups in total. The summed E-state index contributed by atoms with van der Waals surface area (Å²) < 4.78 is 14.1. The van der Waals surface area contributed by atoms with Gasteiger partial charge >= 0.3 is 0 Å². The molecule has 0 amide bonds. The van der Waals surface area contributed by atoms with Crippen molar-refractivity contribution in [2.24, 2.45) is 5.84 Å². The molecular weight excluding hydrogens is 267 g/mol. The van der Waals surface area contributed by atoms with Crippen LogP contribution in [-0.4, -0.2) is 9.97 Å². The van der Waals surface area contributed by atoms with Gasteiger partial charge in [0.1, 0.15) is 5.82 Å². The van der Waals surface area contributed by atoms with Crippen molar-refractivity contribution in [1.29, 1.82) is 0 Å². The first-order chi connectivity index (χ1) is 10.2. The van der Waals surface area contributed by atoms with Gasteiger partial charge in [-0.2, -0.15) is 0 Å². The van der Waals surface area contributed by atoms with Crippen molar-refractivity contribution in [2.75, 3.05) is 0 Å². The van der Waals surface area contributed by atoms with Gasteiger partial charge in [-0.1, -0.05) is 29.8 Å². The van der Waals surface area contributed by atoms with Gasteiger partial charge in [0.05, 0.1) is 29.0 Å². The van der Waals surface area contributed by atoms with E-state index in [0.29, 0.717) is 11.3 Å². The summed E-state index contributed by atoms with van der Waals surface area (Å²) >= 11 is 0. The van der Waals surface area contributed by atoms with Gasteiger partial charge in [-0.15, -0.1) is 0 Å². The molecule has 0 saturated heterocycles. The summed E-state index contributed by atoms with van der Waals surface area (Å²) in [6.07, 6.45) is 1.62. The van der Waals surface area contributed by atoms with Crippen molar-refractivity contribution in [3.8, 4) is 0 Å². The normalized spacial score (nSPS) is 12.5. The first-order valence-corrected chi connectivity index (χ1v) is 6.63. The van der Waals surface area contributed by atoms with Crippen LogP contribution in [0.15, 0.2) is 48.7 Å². The number of nitrogens with two attached hydrogens (primary N) is 1. The lowest BCUT2D eigenvalue weighted by molar-refractivity contribution is 0.552. The quantitative estimate of drug-likeness (QED) is 0.572. The lowest BCUT2D eigenvalue weighted by atomic mass is 10.0. The number of para-hydroxylation sites is 2. The van der Waals surface area contributed by atoms with E-state index in [2.05, 4.69) is 15.4 Å². The van der Waals surface area contributed by atoms with Crippen LogP contribution in [0.4, 0.5) is 4.39 Å². The SMILES string of the molecule is Cc1ccc(F)c(C(NN)c2cnc3ccccc3n2)c1. The average Bonchev–Trinajstić information content (AvgIpc) is 2.51. The van der Waals surface area contributed by atoms with E-state index in [-0.39, 0.29) is 5.82 Å². The molecule has 0 bridgehead atoms. The Bertz CT molecular complexity index is 788. The second-order valence-electron chi connectivity index (χ2n) is 4.91. The zero-order valence-corrected chi connectivity index (χ0v) is 11.5. The molecule has 3 aromatic rings. The van der Waals surface area contributed by atoms with Gasteiger partial charge in [-0.25, -0.2) is 14.8 Å². The monoisotopic (exact) mass is 282 g/mol. The van der Waals surface area contributed by atoms with E-state index >= 15 is 0 Å². The molecule has 4 nitrogen and oxygen atoms in total. The molecule has 106 valence electrons. The number of benzene rings is 2. The Morgan fingerprint density at radius 2 is 1.90 bits per heavy atom. The van der Waals surface area contributed by atoms with E-state index in [1.807, 2.05) is 31.2 Å². The van der Waals surface area contributed by atoms with Crippen molar-refractivity contribution in [2.45, 2.75) is 13.0 Å². The zero-order valence-electron chi connectivity index (χ0n) is 11.5. The number of aromatic nitrogens is 2. The summed E-state index contributed by atoms with van der Waals surface area (Å²) in [6, 6.07) is 11.9. The van der Waals surface area contributed by atoms with E-state index in [4.69, 9.17) is 5.84 Å². The highest BCUT2D eigenvalue weighted by atomic mass is 19.1. The summed E-state index contributed by atoms with van der Waals surface area (Å²) in [5, 5.41) is 0. The van der Waals surface area contributed by atoms with Crippen molar-refractivity contribution < 1.29 is 4.39 Å². The van der Waals surface area contributed by atoms with Crippen LogP contribution in [0.3, 0.4) is 0 Å². The minimum atomic E-state index is -0.540. The van der Waals surface area contributed by atoms with Gasteiger partial charge in [0.2, 0.25) is 0 Å². The number of aryl methyl sites for hydroxylation is 1. The van der Waals surface area contributed by atoms with Crippen LogP contribution in [0.2, 0.25) is 0 Å². The van der Waals surface area contributed by atoms with Gasteiger partial charge < -0.3 is 0 Å². The van der Waals surface area contributed by atoms with Crippen molar-refractivity contribution in [1.82, 2.24) is 15.4 Å². The fourth-order valence-electron chi connectivity index (χ4n) is 2.33. The summed E-state index contributed by atoms with van der Waals surface area (Å²) in [6.45, 7) is 1.91.